The van der Waals surface area contributed by atoms with Gasteiger partial charge in [0.15, 0.2) is 11.5 Å². The summed E-state index contributed by atoms with van der Waals surface area (Å²) in [5, 5.41) is 0. The lowest BCUT2D eigenvalue weighted by Crippen LogP contribution is -2.40. The van der Waals surface area contributed by atoms with Crippen LogP contribution in [0.1, 0.15) is 75.1 Å². The summed E-state index contributed by atoms with van der Waals surface area (Å²) in [6.07, 6.45) is 6.48. The van der Waals surface area contributed by atoms with Crippen LogP contribution in [0.5, 0.6) is 11.5 Å². The van der Waals surface area contributed by atoms with Crippen LogP contribution in [0.25, 0.3) is 0 Å². The first-order valence-electron chi connectivity index (χ1n) is 12.5. The number of nitrogens with zero attached hydrogens (tertiary/aromatic N) is 1. The number of hydrogen-bond donors (Lipinski definition) is 0. The first-order valence-corrected chi connectivity index (χ1v) is 12.5. The standard InChI is InChI=1S/C29H37NO5/c1-19-6-7-25(16-20(19)2)9-8-24-10-13-27(14-11-24)30(21(3)31)18-26-12-15-28(34-22(4)32)29(17-26)35-23(5)33/h6-7,12,15-17,24,27H,8-11,13-14,18H2,1-5H3. The van der Waals surface area contributed by atoms with Gasteiger partial charge in [0.2, 0.25) is 5.91 Å². The number of ether oxygens (including phenoxy) is 2. The molecule has 1 saturated carbocycles. The highest BCUT2D eigenvalue weighted by Gasteiger charge is 2.27. The number of amides is 1. The van der Waals surface area contributed by atoms with Gasteiger partial charge in [0.05, 0.1) is 0 Å². The molecule has 6 nitrogen and oxygen atoms in total. The van der Waals surface area contributed by atoms with Crippen LogP contribution in [0.2, 0.25) is 0 Å². The molecule has 1 aliphatic rings. The van der Waals surface area contributed by atoms with Crippen molar-refractivity contribution in [2.75, 3.05) is 0 Å². The molecule has 1 amide bonds. The third-order valence-electron chi connectivity index (χ3n) is 6.94. The second-order valence-corrected chi connectivity index (χ2v) is 9.75. The molecular formula is C29H37NO5. The molecule has 0 saturated heterocycles. The van der Waals surface area contributed by atoms with Gasteiger partial charge < -0.3 is 14.4 Å². The van der Waals surface area contributed by atoms with Crippen LogP contribution in [0.15, 0.2) is 36.4 Å². The van der Waals surface area contributed by atoms with Gasteiger partial charge in [-0.1, -0.05) is 24.3 Å². The highest BCUT2D eigenvalue weighted by atomic mass is 16.6. The zero-order valence-electron chi connectivity index (χ0n) is 21.6. The Bertz CT molecular complexity index is 1070. The largest absolute Gasteiger partial charge is 0.423 e. The Labute approximate surface area is 208 Å². The molecule has 0 radical (unpaired) electrons. The molecule has 0 heterocycles. The summed E-state index contributed by atoms with van der Waals surface area (Å²) in [6, 6.07) is 12.0. The summed E-state index contributed by atoms with van der Waals surface area (Å²) >= 11 is 0. The van der Waals surface area contributed by atoms with Crippen molar-refractivity contribution in [2.24, 2.45) is 5.92 Å². The van der Waals surface area contributed by atoms with Gasteiger partial charge in [-0.2, -0.15) is 0 Å². The van der Waals surface area contributed by atoms with Crippen LogP contribution in [0, 0.1) is 19.8 Å². The van der Waals surface area contributed by atoms with E-state index in [-0.39, 0.29) is 23.4 Å². The minimum absolute atomic E-state index is 0.0293. The monoisotopic (exact) mass is 479 g/mol. The lowest BCUT2D eigenvalue weighted by molar-refractivity contribution is -0.134. The second-order valence-electron chi connectivity index (χ2n) is 9.75. The molecule has 0 aliphatic heterocycles. The fourth-order valence-electron chi connectivity index (χ4n) is 4.89. The van der Waals surface area contributed by atoms with E-state index in [9.17, 15) is 14.4 Å². The van der Waals surface area contributed by atoms with Crippen LogP contribution in [-0.4, -0.2) is 28.8 Å². The molecule has 0 spiro atoms. The summed E-state index contributed by atoms with van der Waals surface area (Å²) in [7, 11) is 0. The van der Waals surface area contributed by atoms with Crippen molar-refractivity contribution in [3.05, 3.63) is 58.7 Å². The molecule has 3 rings (SSSR count). The molecule has 0 bridgehead atoms. The van der Waals surface area contributed by atoms with Crippen LogP contribution >= 0.6 is 0 Å². The molecule has 0 aromatic heterocycles. The third kappa shape index (κ3) is 7.67. The van der Waals surface area contributed by atoms with Crippen molar-refractivity contribution in [1.82, 2.24) is 4.90 Å². The van der Waals surface area contributed by atoms with Gasteiger partial charge in [-0.3, -0.25) is 14.4 Å². The average molecular weight is 480 g/mol. The van der Waals surface area contributed by atoms with E-state index in [1.807, 2.05) is 4.90 Å². The molecule has 1 fully saturated rings. The highest BCUT2D eigenvalue weighted by Crippen LogP contribution is 2.33. The van der Waals surface area contributed by atoms with Crippen LogP contribution < -0.4 is 9.47 Å². The maximum absolute atomic E-state index is 12.5. The van der Waals surface area contributed by atoms with E-state index in [0.29, 0.717) is 12.5 Å². The maximum Gasteiger partial charge on any atom is 0.308 e. The summed E-state index contributed by atoms with van der Waals surface area (Å²) in [4.78, 5) is 37.4. The molecule has 0 unspecified atom stereocenters. The van der Waals surface area contributed by atoms with Crippen LogP contribution in [-0.2, 0) is 27.3 Å². The van der Waals surface area contributed by atoms with Gasteiger partial charge >= 0.3 is 11.9 Å². The Hall–Kier alpha value is -3.15. The Kier molecular flexibility index (Phi) is 9.07. The summed E-state index contributed by atoms with van der Waals surface area (Å²) in [6.45, 7) is 8.92. The molecular weight excluding hydrogens is 442 g/mol. The summed E-state index contributed by atoms with van der Waals surface area (Å²) in [5.41, 5.74) is 4.91. The van der Waals surface area contributed by atoms with E-state index in [2.05, 4.69) is 32.0 Å². The molecule has 0 atom stereocenters. The quantitative estimate of drug-likeness (QED) is 0.359. The normalized spacial score (nSPS) is 17.5. The molecule has 2 aromatic rings. The molecule has 2 aromatic carbocycles. The van der Waals surface area contributed by atoms with Crippen molar-refractivity contribution in [3.8, 4) is 11.5 Å². The number of rotatable bonds is 8. The number of carbonyl (C=O) groups is 3. The van der Waals surface area contributed by atoms with Gasteiger partial charge in [-0.25, -0.2) is 0 Å². The SMILES string of the molecule is CC(=O)Oc1ccc(CN(C(C)=O)C2CCC(CCc3ccc(C)c(C)c3)CC2)cc1OC(C)=O. The van der Waals surface area contributed by atoms with E-state index in [4.69, 9.17) is 9.47 Å². The number of esters is 2. The zero-order valence-corrected chi connectivity index (χ0v) is 21.6. The number of benzene rings is 2. The number of carbonyl (C=O) groups excluding carboxylic acids is 3. The molecule has 6 heteroatoms. The predicted octanol–water partition coefficient (Wildman–Crippen LogP) is 5.69. The summed E-state index contributed by atoms with van der Waals surface area (Å²) < 4.78 is 10.4. The minimum atomic E-state index is -0.502. The smallest absolute Gasteiger partial charge is 0.308 e. The topological polar surface area (TPSA) is 72.9 Å². The molecule has 35 heavy (non-hydrogen) atoms. The van der Waals surface area contributed by atoms with E-state index < -0.39 is 11.9 Å². The van der Waals surface area contributed by atoms with Crippen molar-refractivity contribution in [2.45, 2.75) is 85.7 Å². The third-order valence-corrected chi connectivity index (χ3v) is 6.94. The van der Waals surface area contributed by atoms with E-state index in [1.165, 1.54) is 37.0 Å². The number of aryl methyl sites for hydroxylation is 3. The Morgan fingerprint density at radius 3 is 2.03 bits per heavy atom. The Morgan fingerprint density at radius 1 is 0.800 bits per heavy atom. The molecule has 0 N–H and O–H groups in total. The Balaban J connectivity index is 1.61. The second kappa shape index (κ2) is 12.0. The minimum Gasteiger partial charge on any atom is -0.423 e. The van der Waals surface area contributed by atoms with Crippen molar-refractivity contribution >= 4 is 17.8 Å². The Morgan fingerprint density at radius 2 is 1.43 bits per heavy atom. The van der Waals surface area contributed by atoms with E-state index >= 15 is 0 Å². The fraction of sp³-hybridized carbons (Fsp3) is 0.483. The number of hydrogen-bond acceptors (Lipinski definition) is 5. The van der Waals surface area contributed by atoms with Gasteiger partial charge in [0.25, 0.3) is 0 Å². The zero-order chi connectivity index (χ0) is 25.5. The fourth-order valence-corrected chi connectivity index (χ4v) is 4.89. The first kappa shape index (κ1) is 26.5. The van der Waals surface area contributed by atoms with Gasteiger partial charge in [-0.15, -0.1) is 0 Å². The summed E-state index contributed by atoms with van der Waals surface area (Å²) in [5.74, 6) is 0.0877. The van der Waals surface area contributed by atoms with Gasteiger partial charge in [0.1, 0.15) is 0 Å². The van der Waals surface area contributed by atoms with Crippen molar-refractivity contribution in [3.63, 3.8) is 0 Å². The van der Waals surface area contributed by atoms with Crippen LogP contribution in [0.4, 0.5) is 0 Å². The first-order chi connectivity index (χ1) is 16.6. The highest BCUT2D eigenvalue weighted by molar-refractivity contribution is 5.75. The van der Waals surface area contributed by atoms with E-state index in [1.54, 1.807) is 25.1 Å². The molecule has 1 aliphatic carbocycles. The average Bonchev–Trinajstić information content (AvgIpc) is 2.79. The van der Waals surface area contributed by atoms with Crippen LogP contribution in [0.3, 0.4) is 0 Å². The predicted molar refractivity (Wildman–Crippen MR) is 135 cm³/mol. The lowest BCUT2D eigenvalue weighted by atomic mass is 9.82. The van der Waals surface area contributed by atoms with Crippen molar-refractivity contribution in [1.29, 1.82) is 0 Å². The van der Waals surface area contributed by atoms with Gasteiger partial charge in [-0.05, 0) is 92.7 Å². The van der Waals surface area contributed by atoms with Gasteiger partial charge in [0, 0.05) is 33.4 Å². The van der Waals surface area contributed by atoms with E-state index in [0.717, 1.165) is 37.7 Å². The van der Waals surface area contributed by atoms with Crippen molar-refractivity contribution < 1.29 is 23.9 Å². The molecule has 188 valence electrons. The lowest BCUT2D eigenvalue weighted by Gasteiger charge is -2.36. The maximum atomic E-state index is 12.5.